The Bertz CT molecular complexity index is 529. The zero-order valence-corrected chi connectivity index (χ0v) is 13.8. The Morgan fingerprint density at radius 3 is 2.86 bits per heavy atom. The summed E-state index contributed by atoms with van der Waals surface area (Å²) in [4.78, 5) is 13.7. The van der Waals surface area contributed by atoms with Crippen LogP contribution >= 0.6 is 11.6 Å². The Kier molecular flexibility index (Phi) is 5.32. The van der Waals surface area contributed by atoms with Crippen molar-refractivity contribution in [1.82, 2.24) is 4.90 Å². The molecule has 0 saturated carbocycles. The molecule has 22 heavy (non-hydrogen) atoms. The van der Waals surface area contributed by atoms with Crippen LogP contribution in [0, 0.1) is 0 Å². The predicted molar refractivity (Wildman–Crippen MR) is 84.0 cm³/mol. The minimum absolute atomic E-state index is 0.280. The van der Waals surface area contributed by atoms with E-state index in [1.165, 1.54) is 0 Å². The zero-order valence-electron chi connectivity index (χ0n) is 13.1. The molecule has 0 bridgehead atoms. The Hall–Kier alpha value is -1.30. The molecule has 1 N–H and O–H groups in total. The summed E-state index contributed by atoms with van der Waals surface area (Å²) in [6, 6.07) is 7.00. The molecule has 2 atom stereocenters. The van der Waals surface area contributed by atoms with Crippen molar-refractivity contribution in [3.63, 3.8) is 0 Å². The third kappa shape index (κ3) is 4.60. The van der Waals surface area contributed by atoms with Gasteiger partial charge in [-0.3, -0.25) is 0 Å². The molecule has 1 aliphatic heterocycles. The molecule has 1 heterocycles. The van der Waals surface area contributed by atoms with E-state index in [2.05, 4.69) is 0 Å². The monoisotopic (exact) mass is 327 g/mol. The molecule has 2 unspecified atom stereocenters. The molecule has 1 saturated heterocycles. The highest BCUT2D eigenvalue weighted by Crippen LogP contribution is 2.25. The van der Waals surface area contributed by atoms with Crippen molar-refractivity contribution in [2.24, 2.45) is 0 Å². The number of ether oxygens (including phenoxy) is 2. The van der Waals surface area contributed by atoms with E-state index in [0.717, 1.165) is 0 Å². The summed E-state index contributed by atoms with van der Waals surface area (Å²) in [5, 5.41) is 11.0. The number of carbonyl (C=O) groups excluding carboxylic acids is 1. The number of carbonyl (C=O) groups is 1. The molecule has 5 nitrogen and oxygen atoms in total. The number of benzene rings is 1. The van der Waals surface area contributed by atoms with Crippen LogP contribution in [-0.4, -0.2) is 47.5 Å². The summed E-state index contributed by atoms with van der Waals surface area (Å²) in [5.41, 5.74) is 0.125. The van der Waals surface area contributed by atoms with Crippen LogP contribution in [0.15, 0.2) is 24.3 Å². The molecule has 0 spiro atoms. The fraction of sp³-hybridized carbons (Fsp3) is 0.562. The quantitative estimate of drug-likeness (QED) is 0.907. The minimum atomic E-state index is -0.844. The number of aliphatic hydroxyl groups is 1. The SMILES string of the molecule is CC(C)(C)OC(=O)N1CCOC(C(O)c2cccc(Cl)c2)C1. The zero-order chi connectivity index (χ0) is 16.3. The highest BCUT2D eigenvalue weighted by molar-refractivity contribution is 6.30. The van der Waals surface area contributed by atoms with Crippen LogP contribution in [0.2, 0.25) is 5.02 Å². The van der Waals surface area contributed by atoms with Crippen LogP contribution in [0.3, 0.4) is 0 Å². The Morgan fingerprint density at radius 2 is 2.23 bits per heavy atom. The fourth-order valence-corrected chi connectivity index (χ4v) is 2.46. The Morgan fingerprint density at radius 1 is 1.50 bits per heavy atom. The van der Waals surface area contributed by atoms with Crippen molar-refractivity contribution >= 4 is 17.7 Å². The number of morpholine rings is 1. The van der Waals surface area contributed by atoms with Crippen molar-refractivity contribution in [3.05, 3.63) is 34.9 Å². The molecule has 1 fully saturated rings. The average Bonchev–Trinajstić information content (AvgIpc) is 2.45. The van der Waals surface area contributed by atoms with Gasteiger partial charge in [-0.05, 0) is 38.5 Å². The van der Waals surface area contributed by atoms with Gasteiger partial charge in [-0.2, -0.15) is 0 Å². The molecule has 0 radical (unpaired) electrons. The van der Waals surface area contributed by atoms with E-state index in [4.69, 9.17) is 21.1 Å². The van der Waals surface area contributed by atoms with E-state index in [1.54, 1.807) is 29.2 Å². The van der Waals surface area contributed by atoms with Gasteiger partial charge in [0.25, 0.3) is 0 Å². The molecule has 2 rings (SSSR count). The first kappa shape index (κ1) is 17.1. The molecule has 1 aliphatic rings. The molecule has 1 aromatic rings. The topological polar surface area (TPSA) is 59.0 Å². The number of rotatable bonds is 2. The van der Waals surface area contributed by atoms with Crippen molar-refractivity contribution in [1.29, 1.82) is 0 Å². The van der Waals surface area contributed by atoms with E-state index in [1.807, 2.05) is 20.8 Å². The molecule has 0 aliphatic carbocycles. The first-order chi connectivity index (χ1) is 10.3. The molecule has 122 valence electrons. The van der Waals surface area contributed by atoms with E-state index < -0.39 is 17.8 Å². The summed E-state index contributed by atoms with van der Waals surface area (Å²) >= 11 is 5.94. The lowest BCUT2D eigenvalue weighted by Crippen LogP contribution is -2.49. The standard InChI is InChI=1S/C16H22ClNO4/c1-16(2,3)22-15(20)18-7-8-21-13(10-18)14(19)11-5-4-6-12(17)9-11/h4-6,9,13-14,19H,7-8,10H2,1-3H3. The smallest absolute Gasteiger partial charge is 0.410 e. The van der Waals surface area contributed by atoms with E-state index >= 15 is 0 Å². The van der Waals surface area contributed by atoms with Crippen LogP contribution in [-0.2, 0) is 9.47 Å². The summed E-state index contributed by atoms with van der Waals surface area (Å²) in [7, 11) is 0. The number of hydrogen-bond donors (Lipinski definition) is 1. The maximum atomic E-state index is 12.1. The molecular formula is C16H22ClNO4. The summed E-state index contributed by atoms with van der Waals surface area (Å²) in [5.74, 6) is 0. The second kappa shape index (κ2) is 6.86. The minimum Gasteiger partial charge on any atom is -0.444 e. The van der Waals surface area contributed by atoms with Crippen molar-refractivity contribution in [2.45, 2.75) is 38.6 Å². The van der Waals surface area contributed by atoms with Crippen LogP contribution in [0.4, 0.5) is 4.79 Å². The molecular weight excluding hydrogens is 306 g/mol. The summed E-state index contributed by atoms with van der Waals surface area (Å²) in [6.45, 7) is 6.56. The third-order valence-corrected chi connectivity index (χ3v) is 3.52. The third-order valence-electron chi connectivity index (χ3n) is 3.29. The number of aliphatic hydroxyl groups excluding tert-OH is 1. The first-order valence-corrected chi connectivity index (χ1v) is 7.67. The highest BCUT2D eigenvalue weighted by Gasteiger charge is 2.32. The number of halogens is 1. The normalized spacial score (nSPS) is 20.6. The lowest BCUT2D eigenvalue weighted by molar-refractivity contribution is -0.0908. The van der Waals surface area contributed by atoms with Gasteiger partial charge in [-0.15, -0.1) is 0 Å². The second-order valence-corrected chi connectivity index (χ2v) is 6.77. The van der Waals surface area contributed by atoms with Gasteiger partial charge in [0.2, 0.25) is 0 Å². The van der Waals surface area contributed by atoms with Gasteiger partial charge in [-0.1, -0.05) is 23.7 Å². The van der Waals surface area contributed by atoms with Crippen LogP contribution in [0.25, 0.3) is 0 Å². The molecule has 1 aromatic carbocycles. The maximum Gasteiger partial charge on any atom is 0.410 e. The molecule has 0 aromatic heterocycles. The molecule has 6 heteroatoms. The second-order valence-electron chi connectivity index (χ2n) is 6.34. The Balaban J connectivity index is 2.02. The fourth-order valence-electron chi connectivity index (χ4n) is 2.26. The first-order valence-electron chi connectivity index (χ1n) is 7.29. The van der Waals surface area contributed by atoms with Crippen LogP contribution in [0.5, 0.6) is 0 Å². The van der Waals surface area contributed by atoms with Crippen LogP contribution in [0.1, 0.15) is 32.4 Å². The Labute approximate surface area is 135 Å². The number of amides is 1. The van der Waals surface area contributed by atoms with Gasteiger partial charge in [0, 0.05) is 11.6 Å². The predicted octanol–water partition coefficient (Wildman–Crippen LogP) is 3.01. The van der Waals surface area contributed by atoms with Crippen molar-refractivity contribution < 1.29 is 19.4 Å². The van der Waals surface area contributed by atoms with Crippen molar-refractivity contribution in [2.75, 3.05) is 19.7 Å². The highest BCUT2D eigenvalue weighted by atomic mass is 35.5. The van der Waals surface area contributed by atoms with Gasteiger partial charge in [0.1, 0.15) is 17.8 Å². The average molecular weight is 328 g/mol. The van der Waals surface area contributed by atoms with Gasteiger partial charge in [0.15, 0.2) is 0 Å². The maximum absolute atomic E-state index is 12.1. The van der Waals surface area contributed by atoms with Crippen LogP contribution < -0.4 is 0 Å². The number of hydrogen-bond acceptors (Lipinski definition) is 4. The van der Waals surface area contributed by atoms with E-state index in [9.17, 15) is 9.90 Å². The van der Waals surface area contributed by atoms with E-state index in [-0.39, 0.29) is 12.6 Å². The van der Waals surface area contributed by atoms with E-state index in [0.29, 0.717) is 23.7 Å². The lowest BCUT2D eigenvalue weighted by Gasteiger charge is -2.36. The van der Waals surface area contributed by atoms with Gasteiger partial charge in [-0.25, -0.2) is 4.79 Å². The largest absolute Gasteiger partial charge is 0.444 e. The number of nitrogens with zero attached hydrogens (tertiary/aromatic N) is 1. The summed E-state index contributed by atoms with van der Waals surface area (Å²) < 4.78 is 11.0. The van der Waals surface area contributed by atoms with Crippen molar-refractivity contribution in [3.8, 4) is 0 Å². The van der Waals surface area contributed by atoms with Gasteiger partial charge in [0.05, 0.1) is 13.2 Å². The molecule has 1 amide bonds. The summed E-state index contributed by atoms with van der Waals surface area (Å²) in [6.07, 6.45) is -1.73. The van der Waals surface area contributed by atoms with Gasteiger partial charge >= 0.3 is 6.09 Å². The lowest BCUT2D eigenvalue weighted by atomic mass is 10.0. The van der Waals surface area contributed by atoms with Gasteiger partial charge < -0.3 is 19.5 Å².